The van der Waals surface area contributed by atoms with E-state index >= 15 is 0 Å². The number of rotatable bonds is 5. The molecule has 16 heavy (non-hydrogen) atoms. The van der Waals surface area contributed by atoms with Crippen LogP contribution in [-0.2, 0) is 11.3 Å². The first-order valence-electron chi connectivity index (χ1n) is 6.28. The van der Waals surface area contributed by atoms with E-state index < -0.39 is 0 Å². The van der Waals surface area contributed by atoms with Crippen molar-refractivity contribution < 1.29 is 9.22 Å². The molecule has 1 aromatic carbocycles. The zero-order valence-corrected chi connectivity index (χ0v) is 10.4. The zero-order valence-electron chi connectivity index (χ0n) is 10.4. The van der Waals surface area contributed by atoms with Gasteiger partial charge >= 0.3 is 0 Å². The van der Waals surface area contributed by atoms with Crippen LogP contribution in [0.2, 0.25) is 0 Å². The summed E-state index contributed by atoms with van der Waals surface area (Å²) in [6, 6.07) is 10.4. The first kappa shape index (κ1) is 11.6. The smallest absolute Gasteiger partial charge is 0.155 e. The molecule has 0 unspecified atom stereocenters. The molecule has 0 bridgehead atoms. The second-order valence-corrected chi connectivity index (χ2v) is 4.76. The topological polar surface area (TPSA) is 9.23 Å². The van der Waals surface area contributed by atoms with Crippen molar-refractivity contribution >= 4 is 0 Å². The van der Waals surface area contributed by atoms with Gasteiger partial charge in [-0.3, -0.25) is 0 Å². The van der Waals surface area contributed by atoms with Crippen molar-refractivity contribution in [2.75, 3.05) is 26.2 Å². The molecule has 0 atom stereocenters. The Labute approximate surface area is 98.4 Å². The van der Waals surface area contributed by atoms with Gasteiger partial charge in [-0.05, 0) is 19.4 Å². The predicted molar refractivity (Wildman–Crippen MR) is 66.1 cm³/mol. The third-order valence-electron chi connectivity index (χ3n) is 3.85. The number of quaternary nitrogens is 1. The lowest BCUT2D eigenvalue weighted by Gasteiger charge is -2.49. The van der Waals surface area contributed by atoms with Crippen LogP contribution in [0, 0.1) is 0 Å². The predicted octanol–water partition coefficient (Wildman–Crippen LogP) is 2.44. The summed E-state index contributed by atoms with van der Waals surface area (Å²) in [7, 11) is 0. The van der Waals surface area contributed by atoms with Crippen LogP contribution in [0.4, 0.5) is 0 Å². The first-order valence-corrected chi connectivity index (χ1v) is 6.28. The summed E-state index contributed by atoms with van der Waals surface area (Å²) < 4.78 is 7.14. The molecule has 2 nitrogen and oxygen atoms in total. The summed E-state index contributed by atoms with van der Waals surface area (Å²) in [5.74, 6) is 0. The molecule has 1 aliphatic rings. The van der Waals surface area contributed by atoms with Crippen molar-refractivity contribution in [1.82, 2.24) is 0 Å². The van der Waals surface area contributed by atoms with Crippen LogP contribution in [0.15, 0.2) is 30.3 Å². The quantitative estimate of drug-likeness (QED) is 0.693. The molecule has 1 aromatic rings. The van der Waals surface area contributed by atoms with Crippen LogP contribution in [0.3, 0.4) is 0 Å². The van der Waals surface area contributed by atoms with Gasteiger partial charge in [0.25, 0.3) is 0 Å². The Morgan fingerprint density at radius 2 is 1.75 bits per heavy atom. The van der Waals surface area contributed by atoms with Crippen molar-refractivity contribution in [2.45, 2.75) is 26.6 Å². The van der Waals surface area contributed by atoms with E-state index in [-0.39, 0.29) is 0 Å². The van der Waals surface area contributed by atoms with Gasteiger partial charge in [-0.15, -0.1) is 0 Å². The molecular weight excluding hydrogens is 198 g/mol. The summed E-state index contributed by atoms with van der Waals surface area (Å²) in [5.41, 5.74) is 1.28. The van der Waals surface area contributed by atoms with E-state index in [0.717, 1.165) is 6.61 Å². The lowest BCUT2D eigenvalue weighted by Crippen LogP contribution is -2.66. The Bertz CT molecular complexity index is 311. The van der Waals surface area contributed by atoms with Gasteiger partial charge in [0.2, 0.25) is 0 Å². The van der Waals surface area contributed by atoms with E-state index in [1.165, 1.54) is 36.2 Å². The van der Waals surface area contributed by atoms with Crippen molar-refractivity contribution in [3.63, 3.8) is 0 Å². The van der Waals surface area contributed by atoms with Gasteiger partial charge in [-0.25, -0.2) is 0 Å². The Kier molecular flexibility index (Phi) is 3.62. The molecule has 1 aliphatic heterocycles. The molecule has 0 aromatic heterocycles. The van der Waals surface area contributed by atoms with Gasteiger partial charge in [-0.1, -0.05) is 30.3 Å². The van der Waals surface area contributed by atoms with Crippen molar-refractivity contribution in [1.29, 1.82) is 0 Å². The average Bonchev–Trinajstić information content (AvgIpc) is 2.30. The Hall–Kier alpha value is -0.860. The van der Waals surface area contributed by atoms with Crippen molar-refractivity contribution in [3.05, 3.63) is 35.9 Å². The fraction of sp³-hybridized carbons (Fsp3) is 0.571. The minimum absolute atomic E-state index is 0.472. The number of ether oxygens (including phenoxy) is 1. The molecule has 2 heteroatoms. The van der Waals surface area contributed by atoms with Gasteiger partial charge in [-0.2, -0.15) is 0 Å². The third kappa shape index (κ3) is 2.45. The number of likely N-dealkylation sites (N-methyl/N-ethyl adjacent to an activating group) is 1. The summed E-state index contributed by atoms with van der Waals surface area (Å²) in [6.45, 7) is 10.2. The van der Waals surface area contributed by atoms with Crippen LogP contribution in [-0.4, -0.2) is 36.8 Å². The average molecular weight is 220 g/mol. The minimum atomic E-state index is 0.472. The minimum Gasteiger partial charge on any atom is -0.362 e. The van der Waals surface area contributed by atoms with Gasteiger partial charge in [0.1, 0.15) is 13.1 Å². The van der Waals surface area contributed by atoms with E-state index in [1.54, 1.807) is 0 Å². The van der Waals surface area contributed by atoms with Crippen LogP contribution in [0.5, 0.6) is 0 Å². The highest BCUT2D eigenvalue weighted by Gasteiger charge is 2.41. The molecule has 0 aliphatic carbocycles. The number of hydrogen-bond acceptors (Lipinski definition) is 1. The molecule has 1 fully saturated rings. The van der Waals surface area contributed by atoms with Gasteiger partial charge < -0.3 is 9.22 Å². The second-order valence-electron chi connectivity index (χ2n) is 4.76. The summed E-state index contributed by atoms with van der Waals surface area (Å²) in [4.78, 5) is 0. The maximum absolute atomic E-state index is 5.91. The van der Waals surface area contributed by atoms with Gasteiger partial charge in [0.05, 0.1) is 19.7 Å². The monoisotopic (exact) mass is 220 g/mol. The largest absolute Gasteiger partial charge is 0.362 e. The number of benzene rings is 1. The van der Waals surface area contributed by atoms with E-state index in [2.05, 4.69) is 38.1 Å². The normalized spacial score (nSPS) is 19.4. The zero-order chi connectivity index (χ0) is 11.4. The van der Waals surface area contributed by atoms with Crippen LogP contribution >= 0.6 is 0 Å². The van der Waals surface area contributed by atoms with E-state index in [1.807, 2.05) is 6.07 Å². The van der Waals surface area contributed by atoms with Crippen molar-refractivity contribution in [2.24, 2.45) is 0 Å². The molecule has 0 N–H and O–H groups in total. The molecular formula is C14H22NO+. The lowest BCUT2D eigenvalue weighted by atomic mass is 10.1. The Morgan fingerprint density at radius 3 is 2.31 bits per heavy atom. The highest BCUT2D eigenvalue weighted by atomic mass is 16.5. The fourth-order valence-corrected chi connectivity index (χ4v) is 2.44. The summed E-state index contributed by atoms with van der Waals surface area (Å²) in [5, 5.41) is 0. The Balaban J connectivity index is 1.74. The van der Waals surface area contributed by atoms with Crippen LogP contribution in [0.1, 0.15) is 19.4 Å². The van der Waals surface area contributed by atoms with Gasteiger partial charge in [0.15, 0.2) is 6.10 Å². The van der Waals surface area contributed by atoms with E-state index in [9.17, 15) is 0 Å². The van der Waals surface area contributed by atoms with Crippen molar-refractivity contribution in [3.8, 4) is 0 Å². The molecule has 0 spiro atoms. The maximum atomic E-state index is 5.91. The second kappa shape index (κ2) is 4.98. The summed E-state index contributed by atoms with van der Waals surface area (Å²) in [6.07, 6.45) is 0.472. The van der Waals surface area contributed by atoms with Crippen LogP contribution in [0.25, 0.3) is 0 Å². The molecule has 2 rings (SSSR count). The van der Waals surface area contributed by atoms with E-state index in [0.29, 0.717) is 6.10 Å². The molecule has 0 amide bonds. The highest BCUT2D eigenvalue weighted by molar-refractivity contribution is 5.13. The molecule has 0 radical (unpaired) electrons. The fourth-order valence-electron chi connectivity index (χ4n) is 2.44. The standard InChI is InChI=1S/C14H22NO/c1-3-15(4-2)10-14(11-15)16-12-13-8-6-5-7-9-13/h5-9,14H,3-4,10-12H2,1-2H3/q+1. The number of nitrogens with zero attached hydrogens (tertiary/aromatic N) is 1. The Morgan fingerprint density at radius 1 is 1.12 bits per heavy atom. The van der Waals surface area contributed by atoms with E-state index in [4.69, 9.17) is 4.74 Å². The maximum Gasteiger partial charge on any atom is 0.155 e. The van der Waals surface area contributed by atoms with Crippen LogP contribution < -0.4 is 0 Å². The summed E-state index contributed by atoms with van der Waals surface area (Å²) >= 11 is 0. The molecule has 1 heterocycles. The molecule has 1 saturated heterocycles. The SMILES string of the molecule is CC[N+]1(CC)CC(OCc2ccccc2)C1. The number of hydrogen-bond donors (Lipinski definition) is 0. The first-order chi connectivity index (χ1) is 7.78. The molecule has 88 valence electrons. The third-order valence-corrected chi connectivity index (χ3v) is 3.85. The number of likely N-dealkylation sites (tertiary alicyclic amines) is 1. The molecule has 0 saturated carbocycles. The lowest BCUT2D eigenvalue weighted by molar-refractivity contribution is -0.969. The highest BCUT2D eigenvalue weighted by Crippen LogP contribution is 2.23. The van der Waals surface area contributed by atoms with Gasteiger partial charge in [0, 0.05) is 0 Å².